The van der Waals surface area contributed by atoms with E-state index in [1.54, 1.807) is 6.92 Å². The van der Waals surface area contributed by atoms with Crippen LogP contribution in [0.15, 0.2) is 41.7 Å². The van der Waals surface area contributed by atoms with E-state index in [0.717, 1.165) is 5.56 Å². The SMILES string of the molecule is CC1CC(=C2O[C@@H]3CC(=O)N3C2OC(=O)OCc2ccccc2)C(=O)O1. The summed E-state index contributed by atoms with van der Waals surface area (Å²) in [5, 5.41) is 0. The van der Waals surface area contributed by atoms with Crippen molar-refractivity contribution in [1.29, 1.82) is 0 Å². The molecule has 1 amide bonds. The van der Waals surface area contributed by atoms with Crippen LogP contribution in [0.2, 0.25) is 0 Å². The van der Waals surface area contributed by atoms with E-state index in [9.17, 15) is 14.4 Å². The van der Waals surface area contributed by atoms with Gasteiger partial charge in [0.05, 0.1) is 12.0 Å². The number of carbonyl (C=O) groups is 3. The van der Waals surface area contributed by atoms with E-state index >= 15 is 0 Å². The maximum Gasteiger partial charge on any atom is 0.510 e. The molecule has 3 saturated heterocycles. The van der Waals surface area contributed by atoms with Crippen LogP contribution in [0.4, 0.5) is 4.79 Å². The van der Waals surface area contributed by atoms with Crippen LogP contribution in [0.3, 0.4) is 0 Å². The van der Waals surface area contributed by atoms with Gasteiger partial charge in [-0.15, -0.1) is 0 Å². The smallest absolute Gasteiger partial charge is 0.467 e. The number of carbonyl (C=O) groups excluding carboxylic acids is 3. The minimum absolute atomic E-state index is 0.0373. The van der Waals surface area contributed by atoms with Crippen LogP contribution in [-0.2, 0) is 35.1 Å². The second-order valence-corrected chi connectivity index (χ2v) is 6.33. The lowest BCUT2D eigenvalue weighted by Crippen LogP contribution is -2.53. The Labute approximate surface area is 149 Å². The Hall–Kier alpha value is -3.03. The van der Waals surface area contributed by atoms with Crippen molar-refractivity contribution in [1.82, 2.24) is 4.90 Å². The van der Waals surface area contributed by atoms with E-state index in [-0.39, 0.29) is 30.8 Å². The highest BCUT2D eigenvalue weighted by Crippen LogP contribution is 2.40. The Morgan fingerprint density at radius 3 is 2.62 bits per heavy atom. The molecular weight excluding hydrogens is 342 g/mol. The molecule has 0 spiro atoms. The topological polar surface area (TPSA) is 91.4 Å². The molecule has 0 aliphatic carbocycles. The Bertz CT molecular complexity index is 788. The monoisotopic (exact) mass is 359 g/mol. The van der Waals surface area contributed by atoms with E-state index < -0.39 is 24.6 Å². The molecular formula is C18H17NO7. The Kier molecular flexibility index (Phi) is 4.02. The van der Waals surface area contributed by atoms with Crippen molar-refractivity contribution in [2.75, 3.05) is 0 Å². The summed E-state index contributed by atoms with van der Waals surface area (Å²) in [7, 11) is 0. The maximum atomic E-state index is 12.1. The molecule has 26 heavy (non-hydrogen) atoms. The zero-order valence-electron chi connectivity index (χ0n) is 14.0. The molecule has 0 saturated carbocycles. The first-order valence-corrected chi connectivity index (χ1v) is 8.32. The van der Waals surface area contributed by atoms with Gasteiger partial charge < -0.3 is 18.9 Å². The van der Waals surface area contributed by atoms with Crippen LogP contribution in [0.25, 0.3) is 0 Å². The third kappa shape index (κ3) is 2.87. The molecule has 0 N–H and O–H groups in total. The van der Waals surface area contributed by atoms with Crippen LogP contribution in [0, 0.1) is 0 Å². The van der Waals surface area contributed by atoms with Gasteiger partial charge in [0.15, 0.2) is 12.0 Å². The van der Waals surface area contributed by atoms with Crippen molar-refractivity contribution in [3.63, 3.8) is 0 Å². The highest BCUT2D eigenvalue weighted by molar-refractivity contribution is 5.92. The standard InChI is InChI=1S/C18H17NO7/c1-10-7-12(17(21)24-10)15-16(19-13(20)8-14(19)25-15)26-18(22)23-9-11-5-3-2-4-6-11/h2-6,10,14,16H,7-9H2,1H3/t10?,14-,16?/m1/s1. The Balaban J connectivity index is 1.49. The summed E-state index contributed by atoms with van der Waals surface area (Å²) < 4.78 is 21.2. The zero-order chi connectivity index (χ0) is 18.3. The van der Waals surface area contributed by atoms with Gasteiger partial charge in [-0.2, -0.15) is 0 Å². The summed E-state index contributed by atoms with van der Waals surface area (Å²) in [6, 6.07) is 9.13. The fourth-order valence-corrected chi connectivity index (χ4v) is 3.15. The van der Waals surface area contributed by atoms with Crippen LogP contribution < -0.4 is 0 Å². The third-order valence-corrected chi connectivity index (χ3v) is 4.44. The number of benzene rings is 1. The Morgan fingerprint density at radius 1 is 1.19 bits per heavy atom. The van der Waals surface area contributed by atoms with E-state index in [0.29, 0.717) is 12.0 Å². The van der Waals surface area contributed by atoms with Gasteiger partial charge in [-0.3, -0.25) is 9.69 Å². The van der Waals surface area contributed by atoms with Gasteiger partial charge in [0.25, 0.3) is 0 Å². The number of hydrogen-bond acceptors (Lipinski definition) is 7. The molecule has 3 fully saturated rings. The van der Waals surface area contributed by atoms with Gasteiger partial charge in [-0.25, -0.2) is 9.59 Å². The number of nitrogens with zero attached hydrogens (tertiary/aromatic N) is 1. The molecule has 8 heteroatoms. The number of hydrogen-bond donors (Lipinski definition) is 0. The first kappa shape index (κ1) is 16.4. The highest BCUT2D eigenvalue weighted by atomic mass is 16.7. The van der Waals surface area contributed by atoms with E-state index in [4.69, 9.17) is 18.9 Å². The fourth-order valence-electron chi connectivity index (χ4n) is 3.15. The van der Waals surface area contributed by atoms with Crippen LogP contribution in [-0.4, -0.2) is 41.5 Å². The summed E-state index contributed by atoms with van der Waals surface area (Å²) in [4.78, 5) is 37.2. The first-order valence-electron chi connectivity index (χ1n) is 8.32. The van der Waals surface area contributed by atoms with Crippen LogP contribution >= 0.6 is 0 Å². The summed E-state index contributed by atoms with van der Waals surface area (Å²) >= 11 is 0. The number of ether oxygens (including phenoxy) is 4. The minimum Gasteiger partial charge on any atom is -0.467 e. The lowest BCUT2D eigenvalue weighted by Gasteiger charge is -2.33. The molecule has 8 nitrogen and oxygen atoms in total. The third-order valence-electron chi connectivity index (χ3n) is 4.44. The van der Waals surface area contributed by atoms with E-state index in [1.807, 2.05) is 30.3 Å². The molecule has 2 unspecified atom stereocenters. The summed E-state index contributed by atoms with van der Waals surface area (Å²) in [6.07, 6.45) is -2.34. The summed E-state index contributed by atoms with van der Waals surface area (Å²) in [5.41, 5.74) is 1.09. The molecule has 3 heterocycles. The number of amides is 1. The van der Waals surface area contributed by atoms with Crippen molar-refractivity contribution >= 4 is 18.0 Å². The quantitative estimate of drug-likeness (QED) is 0.462. The van der Waals surface area contributed by atoms with E-state index in [2.05, 4.69) is 0 Å². The number of rotatable bonds is 3. The van der Waals surface area contributed by atoms with Gasteiger partial charge in [-0.1, -0.05) is 30.3 Å². The van der Waals surface area contributed by atoms with Gasteiger partial charge in [-0.05, 0) is 12.5 Å². The molecule has 3 atom stereocenters. The summed E-state index contributed by atoms with van der Waals surface area (Å²) in [5.74, 6) is -0.577. The molecule has 3 aliphatic rings. The van der Waals surface area contributed by atoms with Gasteiger partial charge in [0.2, 0.25) is 12.1 Å². The highest BCUT2D eigenvalue weighted by Gasteiger charge is 2.55. The van der Waals surface area contributed by atoms with E-state index in [1.165, 1.54) is 4.90 Å². The van der Waals surface area contributed by atoms with Crippen molar-refractivity contribution in [2.24, 2.45) is 0 Å². The molecule has 0 bridgehead atoms. The second-order valence-electron chi connectivity index (χ2n) is 6.33. The first-order chi connectivity index (χ1) is 12.5. The molecule has 0 radical (unpaired) electrons. The average molecular weight is 359 g/mol. The largest absolute Gasteiger partial charge is 0.510 e. The number of esters is 1. The Morgan fingerprint density at radius 2 is 1.96 bits per heavy atom. The summed E-state index contributed by atoms with van der Waals surface area (Å²) in [6.45, 7) is 1.79. The molecule has 0 aromatic heterocycles. The average Bonchev–Trinajstić information content (AvgIpc) is 3.09. The molecule has 3 aliphatic heterocycles. The lowest BCUT2D eigenvalue weighted by atomic mass is 10.1. The molecule has 1 aromatic rings. The lowest BCUT2D eigenvalue weighted by molar-refractivity contribution is -0.165. The van der Waals surface area contributed by atoms with Gasteiger partial charge >= 0.3 is 12.1 Å². The van der Waals surface area contributed by atoms with Crippen molar-refractivity contribution in [3.05, 3.63) is 47.2 Å². The predicted octanol–water partition coefficient (Wildman–Crippen LogP) is 1.84. The number of β-lactam (4-membered cyclic amide) rings is 1. The molecule has 1 aromatic carbocycles. The van der Waals surface area contributed by atoms with Gasteiger partial charge in [0, 0.05) is 6.42 Å². The normalized spacial score (nSPS) is 29.6. The maximum absolute atomic E-state index is 12.1. The minimum atomic E-state index is -1.10. The molecule has 4 rings (SSSR count). The fraction of sp³-hybridized carbons (Fsp3) is 0.389. The number of cyclic esters (lactones) is 1. The van der Waals surface area contributed by atoms with Crippen molar-refractivity contribution < 1.29 is 33.3 Å². The van der Waals surface area contributed by atoms with Gasteiger partial charge in [0.1, 0.15) is 12.7 Å². The predicted molar refractivity (Wildman–Crippen MR) is 85.0 cm³/mol. The number of fused-ring (bicyclic) bond motifs is 1. The second kappa shape index (κ2) is 6.36. The van der Waals surface area contributed by atoms with Crippen LogP contribution in [0.1, 0.15) is 25.3 Å². The zero-order valence-corrected chi connectivity index (χ0v) is 14.0. The van der Waals surface area contributed by atoms with Crippen LogP contribution in [0.5, 0.6) is 0 Å². The van der Waals surface area contributed by atoms with Crippen molar-refractivity contribution in [2.45, 2.75) is 44.9 Å². The van der Waals surface area contributed by atoms with Crippen molar-refractivity contribution in [3.8, 4) is 0 Å². The molecule has 136 valence electrons.